The Balaban J connectivity index is 1.59. The summed E-state index contributed by atoms with van der Waals surface area (Å²) < 4.78 is 8.55. The molecule has 0 aliphatic heterocycles. The molecule has 0 aliphatic carbocycles. The normalized spacial score (nSPS) is 12.9. The molecule has 4 rings (SSSR count). The molecule has 0 N–H and O–H groups in total. The van der Waals surface area contributed by atoms with Crippen LogP contribution in [0.1, 0.15) is 43.6 Å². The van der Waals surface area contributed by atoms with Crippen LogP contribution >= 0.6 is 0 Å². The molecular formula is C26H28N2O. The minimum Gasteiger partial charge on any atom is -0.367 e. The number of nitrogens with zero attached hydrogens (tertiary/aromatic N) is 2. The van der Waals surface area contributed by atoms with E-state index in [2.05, 4.69) is 97.1 Å². The Bertz CT molecular complexity index is 1050. The maximum Gasteiger partial charge on any atom is 0.101 e. The average molecular weight is 385 g/mol. The molecule has 0 spiro atoms. The molecule has 1 aromatic heterocycles. The zero-order chi connectivity index (χ0) is 20.3. The van der Waals surface area contributed by atoms with Gasteiger partial charge in [-0.2, -0.15) is 0 Å². The molecule has 0 saturated carbocycles. The monoisotopic (exact) mass is 384 g/mol. The molecule has 1 unspecified atom stereocenters. The van der Waals surface area contributed by atoms with E-state index in [1.165, 1.54) is 27.5 Å². The zero-order valence-electron chi connectivity index (χ0n) is 17.4. The number of aromatic nitrogens is 2. The van der Waals surface area contributed by atoms with Crippen LogP contribution in [-0.2, 0) is 23.3 Å². The van der Waals surface area contributed by atoms with Crippen molar-refractivity contribution in [2.45, 2.75) is 45.4 Å². The Hall–Kier alpha value is -2.91. The van der Waals surface area contributed by atoms with Crippen molar-refractivity contribution in [3.63, 3.8) is 0 Å². The highest BCUT2D eigenvalue weighted by Crippen LogP contribution is 2.29. The SMILES string of the molecule is CC(C)(C)c1ccc(COC(Cn2ccnc2)c2cccc3ccccc23)cc1. The summed E-state index contributed by atoms with van der Waals surface area (Å²) in [5, 5.41) is 2.47. The van der Waals surface area contributed by atoms with E-state index in [9.17, 15) is 0 Å². The van der Waals surface area contributed by atoms with Gasteiger partial charge in [-0.15, -0.1) is 0 Å². The highest BCUT2D eigenvalue weighted by molar-refractivity contribution is 5.86. The maximum atomic E-state index is 6.47. The van der Waals surface area contributed by atoms with Gasteiger partial charge in [-0.05, 0) is 32.9 Å². The Labute approximate surface area is 173 Å². The van der Waals surface area contributed by atoms with E-state index in [1.807, 2.05) is 18.7 Å². The molecule has 3 aromatic carbocycles. The van der Waals surface area contributed by atoms with Crippen molar-refractivity contribution in [2.24, 2.45) is 0 Å². The van der Waals surface area contributed by atoms with Gasteiger partial charge in [0.25, 0.3) is 0 Å². The lowest BCUT2D eigenvalue weighted by Gasteiger charge is -2.22. The van der Waals surface area contributed by atoms with Crippen LogP contribution in [0.15, 0.2) is 85.5 Å². The number of imidazole rings is 1. The summed E-state index contributed by atoms with van der Waals surface area (Å²) in [7, 11) is 0. The summed E-state index contributed by atoms with van der Waals surface area (Å²) >= 11 is 0. The molecule has 0 bridgehead atoms. The third kappa shape index (κ3) is 4.57. The quantitative estimate of drug-likeness (QED) is 0.390. The molecule has 1 heterocycles. The Morgan fingerprint density at radius 2 is 1.69 bits per heavy atom. The molecule has 29 heavy (non-hydrogen) atoms. The minimum atomic E-state index is -0.0578. The molecule has 0 aliphatic rings. The first-order valence-electron chi connectivity index (χ1n) is 10.1. The molecular weight excluding hydrogens is 356 g/mol. The second kappa shape index (κ2) is 8.22. The molecule has 0 radical (unpaired) electrons. The van der Waals surface area contributed by atoms with Crippen LogP contribution in [0, 0.1) is 0 Å². The molecule has 0 saturated heterocycles. The van der Waals surface area contributed by atoms with E-state index in [0.29, 0.717) is 6.61 Å². The van der Waals surface area contributed by atoms with Crippen molar-refractivity contribution in [3.8, 4) is 0 Å². The molecule has 148 valence electrons. The summed E-state index contributed by atoms with van der Waals surface area (Å²) in [6.45, 7) is 8.02. The van der Waals surface area contributed by atoms with Crippen LogP contribution in [0.3, 0.4) is 0 Å². The van der Waals surface area contributed by atoms with Crippen LogP contribution in [-0.4, -0.2) is 9.55 Å². The van der Waals surface area contributed by atoms with Crippen molar-refractivity contribution in [1.82, 2.24) is 9.55 Å². The first-order valence-corrected chi connectivity index (χ1v) is 10.1. The second-order valence-corrected chi connectivity index (χ2v) is 8.57. The van der Waals surface area contributed by atoms with Crippen LogP contribution < -0.4 is 0 Å². The number of hydrogen-bond acceptors (Lipinski definition) is 2. The number of ether oxygens (including phenoxy) is 1. The second-order valence-electron chi connectivity index (χ2n) is 8.57. The molecule has 0 amide bonds. The van der Waals surface area contributed by atoms with Crippen molar-refractivity contribution < 1.29 is 4.74 Å². The minimum absolute atomic E-state index is 0.0578. The van der Waals surface area contributed by atoms with Crippen molar-refractivity contribution in [3.05, 3.63) is 102 Å². The fraction of sp³-hybridized carbons (Fsp3) is 0.269. The highest BCUT2D eigenvalue weighted by Gasteiger charge is 2.17. The Kier molecular flexibility index (Phi) is 5.50. The van der Waals surface area contributed by atoms with Crippen LogP contribution in [0.2, 0.25) is 0 Å². The first kappa shape index (κ1) is 19.4. The summed E-state index contributed by atoms with van der Waals surface area (Å²) in [6.07, 6.45) is 5.59. The van der Waals surface area contributed by atoms with Gasteiger partial charge in [0.15, 0.2) is 0 Å². The lowest BCUT2D eigenvalue weighted by atomic mass is 9.87. The van der Waals surface area contributed by atoms with Gasteiger partial charge in [-0.25, -0.2) is 4.98 Å². The van der Waals surface area contributed by atoms with Crippen LogP contribution in [0.4, 0.5) is 0 Å². The largest absolute Gasteiger partial charge is 0.367 e. The summed E-state index contributed by atoms with van der Waals surface area (Å²) in [4.78, 5) is 4.19. The lowest BCUT2D eigenvalue weighted by molar-refractivity contribution is 0.0289. The lowest BCUT2D eigenvalue weighted by Crippen LogP contribution is -2.13. The predicted molar refractivity (Wildman–Crippen MR) is 119 cm³/mol. The molecule has 0 fully saturated rings. The van der Waals surface area contributed by atoms with Gasteiger partial charge in [0, 0.05) is 12.4 Å². The van der Waals surface area contributed by atoms with Gasteiger partial charge in [-0.3, -0.25) is 0 Å². The average Bonchev–Trinajstić information content (AvgIpc) is 3.23. The number of hydrogen-bond donors (Lipinski definition) is 0. The Morgan fingerprint density at radius 3 is 2.41 bits per heavy atom. The van der Waals surface area contributed by atoms with Crippen LogP contribution in [0.5, 0.6) is 0 Å². The fourth-order valence-electron chi connectivity index (χ4n) is 3.66. The maximum absolute atomic E-state index is 6.47. The number of fused-ring (bicyclic) bond motifs is 1. The van der Waals surface area contributed by atoms with Crippen molar-refractivity contribution in [2.75, 3.05) is 0 Å². The van der Waals surface area contributed by atoms with Crippen LogP contribution in [0.25, 0.3) is 10.8 Å². The number of rotatable bonds is 6. The highest BCUT2D eigenvalue weighted by atomic mass is 16.5. The standard InChI is InChI=1S/C26H28N2O/c1-26(2,3)22-13-11-20(12-14-22)18-29-25(17-28-16-15-27-19-28)24-10-6-8-21-7-4-5-9-23(21)24/h4-16,19,25H,17-18H2,1-3H3. The van der Waals surface area contributed by atoms with Gasteiger partial charge < -0.3 is 9.30 Å². The van der Waals surface area contributed by atoms with Crippen molar-refractivity contribution >= 4 is 10.8 Å². The van der Waals surface area contributed by atoms with Gasteiger partial charge in [-0.1, -0.05) is 87.5 Å². The molecule has 3 nitrogen and oxygen atoms in total. The van der Waals surface area contributed by atoms with E-state index in [0.717, 1.165) is 6.54 Å². The van der Waals surface area contributed by atoms with E-state index >= 15 is 0 Å². The van der Waals surface area contributed by atoms with Gasteiger partial charge in [0.2, 0.25) is 0 Å². The first-order chi connectivity index (χ1) is 14.0. The third-order valence-electron chi connectivity index (χ3n) is 5.38. The van der Waals surface area contributed by atoms with E-state index in [1.54, 1.807) is 0 Å². The molecule has 3 heteroatoms. The smallest absolute Gasteiger partial charge is 0.101 e. The summed E-state index contributed by atoms with van der Waals surface area (Å²) in [6, 6.07) is 23.7. The van der Waals surface area contributed by atoms with E-state index in [4.69, 9.17) is 4.74 Å². The van der Waals surface area contributed by atoms with Crippen molar-refractivity contribution in [1.29, 1.82) is 0 Å². The molecule has 4 aromatic rings. The molecule has 1 atom stereocenters. The zero-order valence-corrected chi connectivity index (χ0v) is 17.4. The summed E-state index contributed by atoms with van der Waals surface area (Å²) in [5.41, 5.74) is 3.90. The Morgan fingerprint density at radius 1 is 0.931 bits per heavy atom. The van der Waals surface area contributed by atoms with Gasteiger partial charge >= 0.3 is 0 Å². The predicted octanol–water partition coefficient (Wildman–Crippen LogP) is 6.29. The number of benzene rings is 3. The van der Waals surface area contributed by atoms with E-state index < -0.39 is 0 Å². The fourth-order valence-corrected chi connectivity index (χ4v) is 3.66. The topological polar surface area (TPSA) is 27.1 Å². The summed E-state index contributed by atoms with van der Waals surface area (Å²) in [5.74, 6) is 0. The van der Waals surface area contributed by atoms with Gasteiger partial charge in [0.1, 0.15) is 6.10 Å². The third-order valence-corrected chi connectivity index (χ3v) is 5.38. The van der Waals surface area contributed by atoms with Gasteiger partial charge in [0.05, 0.1) is 19.5 Å². The van der Waals surface area contributed by atoms with E-state index in [-0.39, 0.29) is 11.5 Å².